The molecule has 72 valence electrons. The van der Waals surface area contributed by atoms with Crippen molar-refractivity contribution in [3.05, 3.63) is 23.9 Å². The Morgan fingerprint density at radius 3 is 2.79 bits per heavy atom. The molecule has 0 N–H and O–H groups in total. The van der Waals surface area contributed by atoms with Crippen molar-refractivity contribution in [2.45, 2.75) is 13.3 Å². The van der Waals surface area contributed by atoms with Gasteiger partial charge in [-0.3, -0.25) is 9.78 Å². The lowest BCUT2D eigenvalue weighted by molar-refractivity contribution is 0.0795. The van der Waals surface area contributed by atoms with Gasteiger partial charge in [0.1, 0.15) is 7.85 Å². The Kier molecular flexibility index (Phi) is 3.68. The third-order valence-electron chi connectivity index (χ3n) is 1.94. The Morgan fingerprint density at radius 1 is 1.57 bits per heavy atom. The van der Waals surface area contributed by atoms with Crippen molar-refractivity contribution < 1.29 is 4.79 Å². The second kappa shape index (κ2) is 4.79. The predicted molar refractivity (Wildman–Crippen MR) is 56.9 cm³/mol. The van der Waals surface area contributed by atoms with Crippen LogP contribution in [-0.4, -0.2) is 37.2 Å². The lowest BCUT2D eigenvalue weighted by Crippen LogP contribution is -2.27. The summed E-state index contributed by atoms with van der Waals surface area (Å²) in [6, 6.07) is 3.32. The number of aromatic nitrogens is 1. The molecule has 0 unspecified atom stereocenters. The highest BCUT2D eigenvalue weighted by molar-refractivity contribution is 6.30. The molecule has 0 saturated carbocycles. The van der Waals surface area contributed by atoms with Crippen LogP contribution in [0.25, 0.3) is 0 Å². The molecule has 0 aliphatic rings. The number of nitrogens with zero attached hydrogens (tertiary/aromatic N) is 2. The van der Waals surface area contributed by atoms with Gasteiger partial charge in [-0.1, -0.05) is 13.0 Å². The smallest absolute Gasteiger partial charge is 0.255 e. The fraction of sp³-hybridized carbons (Fsp3) is 0.400. The number of rotatable bonds is 3. The number of pyridine rings is 1. The van der Waals surface area contributed by atoms with Gasteiger partial charge < -0.3 is 4.90 Å². The minimum Gasteiger partial charge on any atom is -0.342 e. The van der Waals surface area contributed by atoms with Crippen molar-refractivity contribution in [3.8, 4) is 0 Å². The Balaban J connectivity index is 2.74. The highest BCUT2D eigenvalue weighted by atomic mass is 16.2. The number of carbonyl (C=O) groups is 1. The second-order valence-electron chi connectivity index (χ2n) is 3.20. The van der Waals surface area contributed by atoms with Crippen LogP contribution in [0.15, 0.2) is 18.3 Å². The van der Waals surface area contributed by atoms with Gasteiger partial charge in [-0.05, 0) is 18.1 Å². The molecule has 0 aliphatic carbocycles. The largest absolute Gasteiger partial charge is 0.342 e. The van der Waals surface area contributed by atoms with Gasteiger partial charge in [0.2, 0.25) is 0 Å². The molecule has 4 heteroatoms. The summed E-state index contributed by atoms with van der Waals surface area (Å²) in [4.78, 5) is 17.2. The van der Waals surface area contributed by atoms with E-state index in [2.05, 4.69) is 4.98 Å². The van der Waals surface area contributed by atoms with Crippen LogP contribution in [0, 0.1) is 0 Å². The van der Waals surface area contributed by atoms with Gasteiger partial charge in [0.05, 0.1) is 5.56 Å². The molecule has 3 nitrogen and oxygen atoms in total. The molecule has 14 heavy (non-hydrogen) atoms. The van der Waals surface area contributed by atoms with E-state index in [1.54, 1.807) is 24.1 Å². The van der Waals surface area contributed by atoms with Crippen molar-refractivity contribution in [1.82, 2.24) is 9.88 Å². The average Bonchev–Trinajstić information content (AvgIpc) is 2.18. The highest BCUT2D eigenvalue weighted by Gasteiger charge is 2.09. The summed E-state index contributed by atoms with van der Waals surface area (Å²) in [5, 5.41) is 0. The van der Waals surface area contributed by atoms with Crippen LogP contribution in [0.5, 0.6) is 0 Å². The van der Waals surface area contributed by atoms with Crippen molar-refractivity contribution >= 4 is 19.3 Å². The zero-order valence-electron chi connectivity index (χ0n) is 8.53. The first kappa shape index (κ1) is 10.8. The monoisotopic (exact) mass is 188 g/mol. The molecule has 0 saturated heterocycles. The zero-order valence-corrected chi connectivity index (χ0v) is 8.53. The molecule has 0 spiro atoms. The van der Waals surface area contributed by atoms with E-state index in [9.17, 15) is 4.79 Å². The number of carbonyl (C=O) groups excluding carboxylic acids is 1. The summed E-state index contributed by atoms with van der Waals surface area (Å²) in [6.07, 6.45) is 2.45. The van der Waals surface area contributed by atoms with Gasteiger partial charge in [-0.25, -0.2) is 0 Å². The maximum Gasteiger partial charge on any atom is 0.255 e. The van der Waals surface area contributed by atoms with E-state index in [4.69, 9.17) is 7.85 Å². The normalized spacial score (nSPS) is 9.86. The van der Waals surface area contributed by atoms with Crippen LogP contribution in [0.4, 0.5) is 0 Å². The van der Waals surface area contributed by atoms with Gasteiger partial charge in [-0.15, -0.1) is 0 Å². The van der Waals surface area contributed by atoms with Gasteiger partial charge in [0.25, 0.3) is 5.91 Å². The molecular weight excluding hydrogens is 175 g/mol. The standard InChI is InChI=1S/C10H13BN2O/c1-3-6-13(2)10(14)8-4-5-9(11)12-7-8/h4-5,7H,3,6H2,1-2H3. The molecule has 1 rings (SSSR count). The van der Waals surface area contributed by atoms with Gasteiger partial charge in [0.15, 0.2) is 0 Å². The quantitative estimate of drug-likeness (QED) is 0.641. The molecule has 0 bridgehead atoms. The predicted octanol–water partition coefficient (Wildman–Crippen LogP) is 0.357. The third kappa shape index (κ3) is 2.59. The lowest BCUT2D eigenvalue weighted by Gasteiger charge is -2.15. The Morgan fingerprint density at radius 2 is 2.29 bits per heavy atom. The maximum atomic E-state index is 11.7. The lowest BCUT2D eigenvalue weighted by atomic mass is 10.0. The fourth-order valence-electron chi connectivity index (χ4n) is 1.19. The Hall–Kier alpha value is -1.32. The van der Waals surface area contributed by atoms with Crippen LogP contribution >= 0.6 is 0 Å². The van der Waals surface area contributed by atoms with Gasteiger partial charge >= 0.3 is 0 Å². The molecular formula is C10H13BN2O. The number of hydrogen-bond donors (Lipinski definition) is 0. The highest BCUT2D eigenvalue weighted by Crippen LogP contribution is 2.00. The average molecular weight is 188 g/mol. The number of amides is 1. The summed E-state index contributed by atoms with van der Waals surface area (Å²) in [7, 11) is 7.21. The minimum absolute atomic E-state index is 0.0145. The van der Waals surface area contributed by atoms with Crippen molar-refractivity contribution in [3.63, 3.8) is 0 Å². The summed E-state index contributed by atoms with van der Waals surface area (Å²) in [5.41, 5.74) is 1.01. The molecule has 0 atom stereocenters. The first-order chi connectivity index (χ1) is 6.65. The van der Waals surface area contributed by atoms with Crippen LogP contribution in [0.3, 0.4) is 0 Å². The van der Waals surface area contributed by atoms with E-state index in [1.165, 1.54) is 6.20 Å². The minimum atomic E-state index is -0.0145. The van der Waals surface area contributed by atoms with E-state index in [-0.39, 0.29) is 5.91 Å². The summed E-state index contributed by atoms with van der Waals surface area (Å²) < 4.78 is 0. The van der Waals surface area contributed by atoms with Crippen LogP contribution in [0.1, 0.15) is 23.7 Å². The van der Waals surface area contributed by atoms with Crippen molar-refractivity contribution in [2.75, 3.05) is 13.6 Å². The van der Waals surface area contributed by atoms with E-state index in [1.807, 2.05) is 6.92 Å². The van der Waals surface area contributed by atoms with E-state index in [0.29, 0.717) is 11.2 Å². The maximum absolute atomic E-state index is 11.7. The van der Waals surface area contributed by atoms with E-state index < -0.39 is 0 Å². The van der Waals surface area contributed by atoms with Crippen LogP contribution in [0.2, 0.25) is 0 Å². The molecule has 1 amide bonds. The summed E-state index contributed by atoms with van der Waals surface area (Å²) in [5.74, 6) is -0.0145. The molecule has 1 aromatic heterocycles. The SMILES string of the molecule is [B]c1ccc(C(=O)N(C)CCC)cn1. The molecule has 0 fully saturated rings. The fourth-order valence-corrected chi connectivity index (χ4v) is 1.19. The molecule has 0 aromatic carbocycles. The van der Waals surface area contributed by atoms with E-state index in [0.717, 1.165) is 13.0 Å². The molecule has 1 heterocycles. The first-order valence-electron chi connectivity index (χ1n) is 4.62. The van der Waals surface area contributed by atoms with Crippen molar-refractivity contribution in [2.24, 2.45) is 0 Å². The van der Waals surface area contributed by atoms with Gasteiger partial charge in [0, 0.05) is 19.8 Å². The number of hydrogen-bond acceptors (Lipinski definition) is 2. The molecule has 0 aliphatic heterocycles. The summed E-state index contributed by atoms with van der Waals surface area (Å²) >= 11 is 0. The molecule has 1 aromatic rings. The van der Waals surface area contributed by atoms with Crippen LogP contribution < -0.4 is 5.59 Å². The molecule has 2 radical (unpaired) electrons. The second-order valence-corrected chi connectivity index (χ2v) is 3.20. The first-order valence-corrected chi connectivity index (χ1v) is 4.62. The topological polar surface area (TPSA) is 33.2 Å². The Bertz CT molecular complexity index is 310. The van der Waals surface area contributed by atoms with Gasteiger partial charge in [-0.2, -0.15) is 0 Å². The Labute approximate surface area is 85.5 Å². The van der Waals surface area contributed by atoms with Crippen molar-refractivity contribution in [1.29, 1.82) is 0 Å². The summed E-state index contributed by atoms with van der Waals surface area (Å²) in [6.45, 7) is 2.79. The third-order valence-corrected chi connectivity index (χ3v) is 1.94. The van der Waals surface area contributed by atoms with Crippen LogP contribution in [-0.2, 0) is 0 Å². The van der Waals surface area contributed by atoms with E-state index >= 15 is 0 Å². The zero-order chi connectivity index (χ0) is 10.6.